The Morgan fingerprint density at radius 3 is 2.94 bits per heavy atom. The van der Waals surface area contributed by atoms with Crippen molar-refractivity contribution < 1.29 is 5.11 Å². The van der Waals surface area contributed by atoms with Gasteiger partial charge in [0.1, 0.15) is 0 Å². The van der Waals surface area contributed by atoms with E-state index >= 15 is 0 Å². The molecular formula is C16H21NO. The summed E-state index contributed by atoms with van der Waals surface area (Å²) in [4.78, 5) is 2.52. The highest BCUT2D eigenvalue weighted by atomic mass is 16.2. The summed E-state index contributed by atoms with van der Waals surface area (Å²) in [7, 11) is 0. The van der Waals surface area contributed by atoms with E-state index in [-0.39, 0.29) is 6.61 Å². The van der Waals surface area contributed by atoms with Crippen molar-refractivity contribution in [2.24, 2.45) is 0 Å². The number of benzene rings is 1. The van der Waals surface area contributed by atoms with E-state index in [4.69, 9.17) is 5.11 Å². The third-order valence-corrected chi connectivity index (χ3v) is 3.54. The molecule has 1 aliphatic heterocycles. The first-order valence-electron chi connectivity index (χ1n) is 6.73. The lowest BCUT2D eigenvalue weighted by Crippen LogP contribution is -2.26. The molecule has 1 saturated heterocycles. The topological polar surface area (TPSA) is 23.5 Å². The number of hydrogen-bond acceptors (Lipinski definition) is 2. The van der Waals surface area contributed by atoms with E-state index in [1.165, 1.54) is 24.9 Å². The van der Waals surface area contributed by atoms with Crippen molar-refractivity contribution in [2.75, 3.05) is 13.2 Å². The largest absolute Gasteiger partial charge is 0.395 e. The van der Waals surface area contributed by atoms with Crippen LogP contribution in [-0.4, -0.2) is 29.2 Å². The molecule has 0 aromatic heterocycles. The van der Waals surface area contributed by atoms with Crippen molar-refractivity contribution in [3.05, 3.63) is 35.4 Å². The maximum absolute atomic E-state index is 8.77. The van der Waals surface area contributed by atoms with Crippen LogP contribution in [0.25, 0.3) is 0 Å². The van der Waals surface area contributed by atoms with Gasteiger partial charge in [-0.1, -0.05) is 30.0 Å². The second kappa shape index (κ2) is 6.58. The van der Waals surface area contributed by atoms with Gasteiger partial charge in [0, 0.05) is 24.6 Å². The van der Waals surface area contributed by atoms with Crippen LogP contribution in [0.5, 0.6) is 0 Å². The van der Waals surface area contributed by atoms with E-state index in [2.05, 4.69) is 41.9 Å². The molecule has 0 amide bonds. The highest BCUT2D eigenvalue weighted by Crippen LogP contribution is 2.20. The minimum Gasteiger partial charge on any atom is -0.395 e. The van der Waals surface area contributed by atoms with Crippen molar-refractivity contribution in [2.45, 2.75) is 38.8 Å². The summed E-state index contributed by atoms with van der Waals surface area (Å²) in [5, 5.41) is 8.77. The number of nitrogens with zero attached hydrogens (tertiary/aromatic N) is 1. The van der Waals surface area contributed by atoms with Gasteiger partial charge < -0.3 is 5.11 Å². The highest BCUT2D eigenvalue weighted by Gasteiger charge is 2.20. The zero-order valence-corrected chi connectivity index (χ0v) is 11.0. The van der Waals surface area contributed by atoms with Crippen molar-refractivity contribution in [3.8, 4) is 11.8 Å². The summed E-state index contributed by atoms with van der Waals surface area (Å²) in [5.41, 5.74) is 2.40. The molecule has 1 N–H and O–H groups in total. The van der Waals surface area contributed by atoms with Gasteiger partial charge in [-0.2, -0.15) is 0 Å². The van der Waals surface area contributed by atoms with Gasteiger partial charge in [0.25, 0.3) is 0 Å². The van der Waals surface area contributed by atoms with Gasteiger partial charge in [0.15, 0.2) is 0 Å². The van der Waals surface area contributed by atoms with Crippen molar-refractivity contribution in [1.82, 2.24) is 4.90 Å². The molecule has 1 heterocycles. The second-order valence-electron chi connectivity index (χ2n) is 4.89. The smallest absolute Gasteiger partial charge is 0.0540 e. The molecule has 1 aromatic rings. The molecule has 1 aromatic carbocycles. The monoisotopic (exact) mass is 243 g/mol. The molecule has 1 aliphatic rings. The predicted octanol–water partition coefficient (Wildman–Crippen LogP) is 2.40. The van der Waals surface area contributed by atoms with Crippen molar-refractivity contribution >= 4 is 0 Å². The molecule has 1 atom stereocenters. The standard InChI is InChI=1S/C16H21NO/c1-14-7-6-11-17(14)13-16-10-3-2-8-15(16)9-4-5-12-18/h2-3,8,10,14,18H,5-7,11-13H2,1H3. The van der Waals surface area contributed by atoms with Gasteiger partial charge in [-0.05, 0) is 37.9 Å². The summed E-state index contributed by atoms with van der Waals surface area (Å²) >= 11 is 0. The van der Waals surface area contributed by atoms with Crippen LogP contribution in [0.3, 0.4) is 0 Å². The highest BCUT2D eigenvalue weighted by molar-refractivity contribution is 5.41. The summed E-state index contributed by atoms with van der Waals surface area (Å²) in [6, 6.07) is 9.02. The maximum atomic E-state index is 8.77. The molecule has 2 heteroatoms. The molecule has 96 valence electrons. The Morgan fingerprint density at radius 2 is 2.22 bits per heavy atom. The molecule has 2 nitrogen and oxygen atoms in total. The average molecular weight is 243 g/mol. The Bertz CT molecular complexity index is 444. The van der Waals surface area contributed by atoms with Crippen LogP contribution in [0.15, 0.2) is 24.3 Å². The molecule has 1 fully saturated rings. The quantitative estimate of drug-likeness (QED) is 0.824. The first-order valence-corrected chi connectivity index (χ1v) is 6.73. The maximum Gasteiger partial charge on any atom is 0.0540 e. The SMILES string of the molecule is CC1CCCN1Cc1ccccc1C#CCCO. The molecule has 0 saturated carbocycles. The van der Waals surface area contributed by atoms with Crippen LogP contribution >= 0.6 is 0 Å². The summed E-state index contributed by atoms with van der Waals surface area (Å²) in [6.45, 7) is 4.62. The van der Waals surface area contributed by atoms with Crippen LogP contribution < -0.4 is 0 Å². The van der Waals surface area contributed by atoms with Crippen LogP contribution in [0, 0.1) is 11.8 Å². The zero-order valence-electron chi connectivity index (χ0n) is 11.0. The van der Waals surface area contributed by atoms with Gasteiger partial charge in [-0.3, -0.25) is 4.90 Å². The molecular weight excluding hydrogens is 222 g/mol. The lowest BCUT2D eigenvalue weighted by molar-refractivity contribution is 0.260. The van der Waals surface area contributed by atoms with Crippen molar-refractivity contribution in [1.29, 1.82) is 0 Å². The molecule has 0 bridgehead atoms. The summed E-state index contributed by atoms with van der Waals surface area (Å²) < 4.78 is 0. The predicted molar refractivity (Wildman–Crippen MR) is 74.1 cm³/mol. The molecule has 18 heavy (non-hydrogen) atoms. The fourth-order valence-electron chi connectivity index (χ4n) is 2.44. The van der Waals surface area contributed by atoms with E-state index < -0.39 is 0 Å². The van der Waals surface area contributed by atoms with Crippen LogP contribution in [0.4, 0.5) is 0 Å². The fourth-order valence-corrected chi connectivity index (χ4v) is 2.44. The molecule has 0 aliphatic carbocycles. The van der Waals surface area contributed by atoms with Gasteiger partial charge >= 0.3 is 0 Å². The van der Waals surface area contributed by atoms with Crippen LogP contribution in [0.1, 0.15) is 37.3 Å². The molecule has 1 unspecified atom stereocenters. The average Bonchev–Trinajstić information content (AvgIpc) is 2.78. The first kappa shape index (κ1) is 13.1. The Labute approximate surface area is 110 Å². The Balaban J connectivity index is 2.10. The normalized spacial score (nSPS) is 19.6. The third-order valence-electron chi connectivity index (χ3n) is 3.54. The number of aliphatic hydroxyl groups excluding tert-OH is 1. The molecule has 0 radical (unpaired) electrons. The molecule has 2 rings (SSSR count). The minimum absolute atomic E-state index is 0.137. The lowest BCUT2D eigenvalue weighted by Gasteiger charge is -2.21. The fraction of sp³-hybridized carbons (Fsp3) is 0.500. The Kier molecular flexibility index (Phi) is 4.81. The minimum atomic E-state index is 0.137. The summed E-state index contributed by atoms with van der Waals surface area (Å²) in [6.07, 6.45) is 3.16. The zero-order chi connectivity index (χ0) is 12.8. The number of aliphatic hydroxyl groups is 1. The Hall–Kier alpha value is -1.30. The lowest BCUT2D eigenvalue weighted by atomic mass is 10.1. The van der Waals surface area contributed by atoms with Gasteiger partial charge in [0.05, 0.1) is 6.61 Å². The van der Waals surface area contributed by atoms with E-state index in [0.29, 0.717) is 12.5 Å². The first-order chi connectivity index (χ1) is 8.81. The van der Waals surface area contributed by atoms with E-state index in [1.807, 2.05) is 6.07 Å². The van der Waals surface area contributed by atoms with Crippen LogP contribution in [-0.2, 0) is 6.54 Å². The number of likely N-dealkylation sites (tertiary alicyclic amines) is 1. The van der Waals surface area contributed by atoms with E-state index in [0.717, 1.165) is 12.1 Å². The Morgan fingerprint density at radius 1 is 1.39 bits per heavy atom. The number of rotatable bonds is 3. The van der Waals surface area contributed by atoms with E-state index in [1.54, 1.807) is 0 Å². The second-order valence-corrected chi connectivity index (χ2v) is 4.89. The molecule has 0 spiro atoms. The van der Waals surface area contributed by atoms with Gasteiger partial charge in [0.2, 0.25) is 0 Å². The van der Waals surface area contributed by atoms with E-state index in [9.17, 15) is 0 Å². The van der Waals surface area contributed by atoms with Crippen LogP contribution in [0.2, 0.25) is 0 Å². The van der Waals surface area contributed by atoms with Gasteiger partial charge in [-0.15, -0.1) is 0 Å². The van der Waals surface area contributed by atoms with Gasteiger partial charge in [-0.25, -0.2) is 0 Å². The third kappa shape index (κ3) is 3.35. The number of hydrogen-bond donors (Lipinski definition) is 1. The summed E-state index contributed by atoms with van der Waals surface area (Å²) in [5.74, 6) is 6.18. The van der Waals surface area contributed by atoms with Crippen molar-refractivity contribution in [3.63, 3.8) is 0 Å².